The maximum Gasteiger partial charge on any atom is 0.319 e. The number of aryl methyl sites for hydroxylation is 1. The number of anilines is 2. The summed E-state index contributed by atoms with van der Waals surface area (Å²) in [5.41, 5.74) is 2.04. The van der Waals surface area contributed by atoms with Crippen LogP contribution in [0, 0.1) is 5.82 Å². The Kier molecular flexibility index (Phi) is 4.41. The second-order valence-electron chi connectivity index (χ2n) is 5.61. The Labute approximate surface area is 138 Å². The minimum Gasteiger partial charge on any atom is -0.330 e. The van der Waals surface area contributed by atoms with Crippen molar-refractivity contribution < 1.29 is 14.0 Å². The molecule has 1 aliphatic heterocycles. The second kappa shape index (κ2) is 6.66. The molecule has 0 radical (unpaired) electrons. The Bertz CT molecular complexity index is 780. The van der Waals surface area contributed by atoms with E-state index in [0.717, 1.165) is 5.56 Å². The smallest absolute Gasteiger partial charge is 0.319 e. The number of halogens is 1. The van der Waals surface area contributed by atoms with Gasteiger partial charge in [0.25, 0.3) is 0 Å². The summed E-state index contributed by atoms with van der Waals surface area (Å²) in [7, 11) is 0. The van der Waals surface area contributed by atoms with Crippen LogP contribution in [0.15, 0.2) is 36.5 Å². The van der Waals surface area contributed by atoms with E-state index >= 15 is 0 Å². The maximum absolute atomic E-state index is 14.1. The summed E-state index contributed by atoms with van der Waals surface area (Å²) >= 11 is 0. The van der Waals surface area contributed by atoms with Gasteiger partial charge in [0, 0.05) is 18.3 Å². The van der Waals surface area contributed by atoms with Crippen molar-refractivity contribution in [3.63, 3.8) is 0 Å². The highest BCUT2D eigenvalue weighted by atomic mass is 19.1. The van der Waals surface area contributed by atoms with E-state index in [0.29, 0.717) is 24.2 Å². The monoisotopic (exact) mass is 328 g/mol. The quantitative estimate of drug-likeness (QED) is 0.810. The number of amides is 3. The van der Waals surface area contributed by atoms with Gasteiger partial charge in [-0.3, -0.25) is 9.78 Å². The van der Waals surface area contributed by atoms with Gasteiger partial charge >= 0.3 is 6.03 Å². The molecule has 0 bridgehead atoms. The molecule has 1 atom stereocenters. The van der Waals surface area contributed by atoms with Crippen LogP contribution in [-0.4, -0.2) is 16.9 Å². The van der Waals surface area contributed by atoms with Crippen molar-refractivity contribution in [3.05, 3.63) is 53.6 Å². The first kappa shape index (κ1) is 15.9. The van der Waals surface area contributed by atoms with Gasteiger partial charge < -0.3 is 16.0 Å². The third-order valence-electron chi connectivity index (χ3n) is 3.82. The second-order valence-corrected chi connectivity index (χ2v) is 5.61. The Morgan fingerprint density at radius 1 is 1.33 bits per heavy atom. The number of hydrogen-bond donors (Lipinski definition) is 3. The van der Waals surface area contributed by atoms with E-state index in [-0.39, 0.29) is 17.6 Å². The van der Waals surface area contributed by atoms with Gasteiger partial charge in [-0.1, -0.05) is 6.07 Å². The van der Waals surface area contributed by atoms with Gasteiger partial charge in [-0.2, -0.15) is 0 Å². The van der Waals surface area contributed by atoms with Crippen LogP contribution in [-0.2, 0) is 11.2 Å². The SMILES string of the molecule is C[C@H](NC(=O)Nc1cc2c(cc1F)NC(=O)CC2)c1ccccn1. The number of fused-ring (bicyclic) bond motifs is 1. The zero-order chi connectivity index (χ0) is 17.1. The van der Waals surface area contributed by atoms with Crippen LogP contribution in [0.25, 0.3) is 0 Å². The molecule has 24 heavy (non-hydrogen) atoms. The molecule has 124 valence electrons. The summed E-state index contributed by atoms with van der Waals surface area (Å²) in [6, 6.07) is 7.36. The molecule has 2 aromatic rings. The minimum absolute atomic E-state index is 0.0793. The number of nitrogens with zero attached hydrogens (tertiary/aromatic N) is 1. The van der Waals surface area contributed by atoms with Crippen LogP contribution in [0.1, 0.15) is 30.6 Å². The number of rotatable bonds is 3. The summed E-state index contributed by atoms with van der Waals surface area (Å²) < 4.78 is 14.1. The van der Waals surface area contributed by atoms with Gasteiger partial charge in [0.05, 0.1) is 17.4 Å². The molecule has 7 heteroatoms. The fraction of sp³-hybridized carbons (Fsp3) is 0.235. The van der Waals surface area contributed by atoms with E-state index in [1.807, 2.05) is 6.07 Å². The van der Waals surface area contributed by atoms with E-state index in [1.165, 1.54) is 6.07 Å². The third-order valence-corrected chi connectivity index (χ3v) is 3.82. The van der Waals surface area contributed by atoms with E-state index in [1.54, 1.807) is 31.3 Å². The minimum atomic E-state index is -0.600. The number of urea groups is 1. The predicted molar refractivity (Wildman–Crippen MR) is 88.2 cm³/mol. The van der Waals surface area contributed by atoms with Crippen LogP contribution < -0.4 is 16.0 Å². The molecule has 0 fully saturated rings. The van der Waals surface area contributed by atoms with Gasteiger partial charge in [0.15, 0.2) is 0 Å². The number of aromatic nitrogens is 1. The Hall–Kier alpha value is -2.96. The molecule has 0 saturated heterocycles. The first-order valence-electron chi connectivity index (χ1n) is 7.63. The molecule has 1 aromatic heterocycles. The summed E-state index contributed by atoms with van der Waals surface area (Å²) in [5, 5.41) is 7.84. The normalized spacial score (nSPS) is 14.3. The highest BCUT2D eigenvalue weighted by molar-refractivity contribution is 5.95. The average Bonchev–Trinajstić information content (AvgIpc) is 2.56. The predicted octanol–water partition coefficient (Wildman–Crippen LogP) is 2.99. The Morgan fingerprint density at radius 2 is 2.17 bits per heavy atom. The third kappa shape index (κ3) is 3.51. The van der Waals surface area contributed by atoms with Crippen molar-refractivity contribution in [2.45, 2.75) is 25.8 Å². The van der Waals surface area contributed by atoms with E-state index in [9.17, 15) is 14.0 Å². The van der Waals surface area contributed by atoms with E-state index < -0.39 is 11.8 Å². The molecule has 0 spiro atoms. The molecule has 3 rings (SSSR count). The molecule has 2 heterocycles. The first-order valence-corrected chi connectivity index (χ1v) is 7.63. The summed E-state index contributed by atoms with van der Waals surface area (Å²) in [5.74, 6) is -0.735. The first-order chi connectivity index (χ1) is 11.5. The fourth-order valence-corrected chi connectivity index (χ4v) is 2.56. The van der Waals surface area contributed by atoms with Gasteiger partial charge in [-0.15, -0.1) is 0 Å². The van der Waals surface area contributed by atoms with Crippen molar-refractivity contribution >= 4 is 23.3 Å². The number of benzene rings is 1. The van der Waals surface area contributed by atoms with E-state index in [4.69, 9.17) is 0 Å². The van der Waals surface area contributed by atoms with Crippen molar-refractivity contribution in [2.24, 2.45) is 0 Å². The average molecular weight is 328 g/mol. The lowest BCUT2D eigenvalue weighted by Gasteiger charge is -2.19. The fourth-order valence-electron chi connectivity index (χ4n) is 2.56. The molecule has 6 nitrogen and oxygen atoms in total. The molecule has 0 aliphatic carbocycles. The van der Waals surface area contributed by atoms with Gasteiger partial charge in [0.2, 0.25) is 5.91 Å². The Morgan fingerprint density at radius 3 is 2.92 bits per heavy atom. The summed E-state index contributed by atoms with van der Waals surface area (Å²) in [6.07, 6.45) is 2.51. The summed E-state index contributed by atoms with van der Waals surface area (Å²) in [6.45, 7) is 1.79. The topological polar surface area (TPSA) is 83.1 Å². The van der Waals surface area contributed by atoms with Crippen molar-refractivity contribution in [1.29, 1.82) is 0 Å². The largest absolute Gasteiger partial charge is 0.330 e. The standard InChI is InChI=1S/C17H17FN4O2/c1-10(13-4-2-3-7-19-13)20-17(24)22-15-8-11-5-6-16(23)21-14(11)9-12(15)18/h2-4,7-10H,5-6H2,1H3,(H,21,23)(H2,20,22,24)/t10-/m0/s1. The molecule has 1 aromatic carbocycles. The molecule has 1 aliphatic rings. The molecule has 0 unspecified atom stereocenters. The molecule has 0 saturated carbocycles. The highest BCUT2D eigenvalue weighted by Crippen LogP contribution is 2.28. The van der Waals surface area contributed by atoms with Crippen LogP contribution in [0.3, 0.4) is 0 Å². The highest BCUT2D eigenvalue weighted by Gasteiger charge is 2.19. The zero-order valence-electron chi connectivity index (χ0n) is 13.1. The van der Waals surface area contributed by atoms with Crippen LogP contribution in [0.2, 0.25) is 0 Å². The number of nitrogens with one attached hydrogen (secondary N) is 3. The van der Waals surface area contributed by atoms with Crippen molar-refractivity contribution in [2.75, 3.05) is 10.6 Å². The number of hydrogen-bond acceptors (Lipinski definition) is 3. The van der Waals surface area contributed by atoms with Gasteiger partial charge in [-0.05, 0) is 43.2 Å². The van der Waals surface area contributed by atoms with E-state index in [2.05, 4.69) is 20.9 Å². The number of carbonyl (C=O) groups excluding carboxylic acids is 2. The molecular formula is C17H17FN4O2. The molecule has 3 amide bonds. The lowest BCUT2D eigenvalue weighted by Crippen LogP contribution is -2.32. The summed E-state index contributed by atoms with van der Waals surface area (Å²) in [4.78, 5) is 27.6. The Balaban J connectivity index is 1.69. The molecule has 3 N–H and O–H groups in total. The maximum atomic E-state index is 14.1. The zero-order valence-corrected chi connectivity index (χ0v) is 13.1. The van der Waals surface area contributed by atoms with Crippen LogP contribution >= 0.6 is 0 Å². The van der Waals surface area contributed by atoms with Gasteiger partial charge in [0.1, 0.15) is 5.82 Å². The van der Waals surface area contributed by atoms with Gasteiger partial charge in [-0.25, -0.2) is 9.18 Å². The van der Waals surface area contributed by atoms with Crippen LogP contribution in [0.5, 0.6) is 0 Å². The number of carbonyl (C=O) groups is 2. The van der Waals surface area contributed by atoms with Crippen molar-refractivity contribution in [1.82, 2.24) is 10.3 Å². The van der Waals surface area contributed by atoms with Crippen LogP contribution in [0.4, 0.5) is 20.6 Å². The number of pyridine rings is 1. The van der Waals surface area contributed by atoms with Crippen molar-refractivity contribution in [3.8, 4) is 0 Å². The lowest BCUT2D eigenvalue weighted by molar-refractivity contribution is -0.116. The lowest BCUT2D eigenvalue weighted by atomic mass is 10.0. The molecular weight excluding hydrogens is 311 g/mol.